The molecule has 120 valence electrons. The van der Waals surface area contributed by atoms with Crippen LogP contribution in [0.3, 0.4) is 0 Å². The summed E-state index contributed by atoms with van der Waals surface area (Å²) in [7, 11) is 0. The van der Waals surface area contributed by atoms with Gasteiger partial charge in [0.2, 0.25) is 6.29 Å². The van der Waals surface area contributed by atoms with Gasteiger partial charge in [0.15, 0.2) is 5.76 Å². The van der Waals surface area contributed by atoms with Crippen molar-refractivity contribution in [3.8, 4) is 0 Å². The van der Waals surface area contributed by atoms with Crippen molar-refractivity contribution in [3.63, 3.8) is 0 Å². The molecule has 4 heterocycles. The smallest absolute Gasteiger partial charge is 0.217 e. The molecule has 0 aliphatic carbocycles. The van der Waals surface area contributed by atoms with Crippen molar-refractivity contribution in [1.82, 2.24) is 0 Å². The fraction of sp³-hybridized carbons (Fsp3) is 0.500. The average molecular weight is 340 g/mol. The molecule has 4 rings (SSSR count). The first-order valence-corrected chi connectivity index (χ1v) is 9.44. The van der Waals surface area contributed by atoms with Crippen LogP contribution in [0.25, 0.3) is 0 Å². The van der Waals surface area contributed by atoms with Crippen molar-refractivity contribution >= 4 is 23.5 Å². The first-order valence-electron chi connectivity index (χ1n) is 7.35. The molecule has 0 N–H and O–H groups in total. The molecule has 2 aromatic rings. The molecule has 0 saturated carbocycles. The lowest BCUT2D eigenvalue weighted by Gasteiger charge is -2.04. The Morgan fingerprint density at radius 3 is 1.91 bits per heavy atom. The van der Waals surface area contributed by atoms with Crippen molar-refractivity contribution in [2.24, 2.45) is 0 Å². The number of hydrogen-bond donors (Lipinski definition) is 0. The van der Waals surface area contributed by atoms with Crippen LogP contribution in [0.2, 0.25) is 0 Å². The van der Waals surface area contributed by atoms with Crippen LogP contribution in [0.5, 0.6) is 0 Å². The number of furan rings is 2. The van der Waals surface area contributed by atoms with Gasteiger partial charge in [-0.15, -0.1) is 23.5 Å². The Morgan fingerprint density at radius 2 is 1.41 bits per heavy atom. The van der Waals surface area contributed by atoms with E-state index in [4.69, 9.17) is 18.3 Å². The van der Waals surface area contributed by atoms with Gasteiger partial charge in [-0.3, -0.25) is 0 Å². The van der Waals surface area contributed by atoms with E-state index in [0.29, 0.717) is 4.58 Å². The molecule has 2 atom stereocenters. The minimum absolute atomic E-state index is 0.139. The summed E-state index contributed by atoms with van der Waals surface area (Å²) < 4.78 is 22.0. The van der Waals surface area contributed by atoms with Crippen molar-refractivity contribution in [2.45, 2.75) is 36.9 Å². The molecule has 0 radical (unpaired) electrons. The highest BCUT2D eigenvalue weighted by molar-refractivity contribution is 8.19. The lowest BCUT2D eigenvalue weighted by Crippen LogP contribution is -2.13. The van der Waals surface area contributed by atoms with E-state index in [1.165, 1.54) is 11.5 Å². The van der Waals surface area contributed by atoms with E-state index in [-0.39, 0.29) is 18.5 Å². The van der Waals surface area contributed by atoms with Crippen LogP contribution in [0.4, 0.5) is 0 Å². The number of rotatable bonds is 2. The summed E-state index contributed by atoms with van der Waals surface area (Å²) in [6, 6.07) is 7.69. The van der Waals surface area contributed by atoms with Gasteiger partial charge in [-0.25, -0.2) is 0 Å². The van der Waals surface area contributed by atoms with Crippen LogP contribution in [-0.4, -0.2) is 23.7 Å². The van der Waals surface area contributed by atoms with Crippen molar-refractivity contribution in [1.29, 1.82) is 0 Å². The van der Waals surface area contributed by atoms with Gasteiger partial charge in [-0.05, 0) is 38.1 Å². The zero-order valence-corrected chi connectivity index (χ0v) is 14.3. The summed E-state index contributed by atoms with van der Waals surface area (Å²) in [5, 5.41) is 0. The second-order valence-corrected chi connectivity index (χ2v) is 7.84. The molecule has 4 nitrogen and oxygen atoms in total. The van der Waals surface area contributed by atoms with Crippen molar-refractivity contribution < 1.29 is 18.3 Å². The van der Waals surface area contributed by atoms with Gasteiger partial charge in [-0.1, -0.05) is 0 Å². The number of thioether (sulfide) groups is 2. The molecule has 2 saturated heterocycles. The second kappa shape index (κ2) is 7.64. The molecule has 0 bridgehead atoms. The van der Waals surface area contributed by atoms with Crippen LogP contribution in [0.15, 0.2) is 45.6 Å². The number of hydrogen-bond acceptors (Lipinski definition) is 6. The average Bonchev–Trinajstić information content (AvgIpc) is 3.31. The van der Waals surface area contributed by atoms with E-state index in [2.05, 4.69) is 6.07 Å². The van der Waals surface area contributed by atoms with Gasteiger partial charge in [0.25, 0.3) is 0 Å². The standard InChI is InChI=1S/C9H12O3.C7H8OS2/c1-6-7(2)12-9(11-6)8-4-3-5-10-8;1-2-6(8-3-1)7-9-4-5-10-7/h3-7,9H,1-2H3;1-3,7H,4-5H2. The summed E-state index contributed by atoms with van der Waals surface area (Å²) >= 11 is 3.94. The molecule has 6 heteroatoms. The largest absolute Gasteiger partial charge is 0.467 e. The molecule has 22 heavy (non-hydrogen) atoms. The molecule has 2 fully saturated rings. The first kappa shape index (κ1) is 16.1. The Kier molecular flexibility index (Phi) is 5.57. The second-order valence-electron chi connectivity index (χ2n) is 5.12. The van der Waals surface area contributed by atoms with Gasteiger partial charge in [0, 0.05) is 11.5 Å². The summed E-state index contributed by atoms with van der Waals surface area (Å²) in [5.41, 5.74) is 0. The summed E-state index contributed by atoms with van der Waals surface area (Å²) in [6.07, 6.45) is 3.33. The topological polar surface area (TPSA) is 44.7 Å². The highest BCUT2D eigenvalue weighted by atomic mass is 32.2. The molecule has 2 aromatic heterocycles. The maximum absolute atomic E-state index is 5.50. The highest BCUT2D eigenvalue weighted by Gasteiger charge is 2.32. The fourth-order valence-corrected chi connectivity index (χ4v) is 4.91. The van der Waals surface area contributed by atoms with Crippen molar-refractivity contribution in [3.05, 3.63) is 48.3 Å². The third-order valence-electron chi connectivity index (χ3n) is 3.51. The van der Waals surface area contributed by atoms with Gasteiger partial charge < -0.3 is 18.3 Å². The Balaban J connectivity index is 0.000000133. The maximum Gasteiger partial charge on any atom is 0.217 e. The van der Waals surface area contributed by atoms with Crippen LogP contribution in [0.1, 0.15) is 36.2 Å². The van der Waals surface area contributed by atoms with Gasteiger partial charge in [0.05, 0.1) is 24.7 Å². The summed E-state index contributed by atoms with van der Waals surface area (Å²) in [6.45, 7) is 3.99. The Labute approximate surface area is 138 Å². The van der Waals surface area contributed by atoms with Crippen LogP contribution >= 0.6 is 23.5 Å². The Hall–Kier alpha value is -0.820. The molecular formula is C16H20O4S2. The molecule has 2 aliphatic heterocycles. The van der Waals surface area contributed by atoms with E-state index < -0.39 is 0 Å². The first-order chi connectivity index (χ1) is 10.7. The van der Waals surface area contributed by atoms with Gasteiger partial charge in [-0.2, -0.15) is 0 Å². The minimum atomic E-state index is -0.315. The van der Waals surface area contributed by atoms with E-state index >= 15 is 0 Å². The fourth-order valence-electron chi connectivity index (χ4n) is 2.15. The monoisotopic (exact) mass is 340 g/mol. The summed E-state index contributed by atoms with van der Waals surface area (Å²) in [4.78, 5) is 0. The SMILES string of the molecule is CC1OC(c2ccco2)OC1C.c1coc(C2SCCS2)c1. The minimum Gasteiger partial charge on any atom is -0.467 e. The van der Waals surface area contributed by atoms with Crippen molar-refractivity contribution in [2.75, 3.05) is 11.5 Å². The number of ether oxygens (including phenoxy) is 2. The molecule has 2 aliphatic rings. The maximum atomic E-state index is 5.50. The van der Waals surface area contributed by atoms with Gasteiger partial charge >= 0.3 is 0 Å². The predicted molar refractivity (Wildman–Crippen MR) is 88.9 cm³/mol. The van der Waals surface area contributed by atoms with E-state index in [9.17, 15) is 0 Å². The van der Waals surface area contributed by atoms with Crippen LogP contribution < -0.4 is 0 Å². The van der Waals surface area contributed by atoms with E-state index in [0.717, 1.165) is 11.5 Å². The Morgan fingerprint density at radius 1 is 0.864 bits per heavy atom. The molecular weight excluding hydrogens is 320 g/mol. The lowest BCUT2D eigenvalue weighted by molar-refractivity contribution is -0.0788. The zero-order valence-electron chi connectivity index (χ0n) is 12.6. The Bertz CT molecular complexity index is 525. The molecule has 0 amide bonds. The zero-order chi connectivity index (χ0) is 15.4. The van der Waals surface area contributed by atoms with Gasteiger partial charge in [0.1, 0.15) is 10.3 Å². The van der Waals surface area contributed by atoms with E-state index in [1.54, 1.807) is 12.5 Å². The highest BCUT2D eigenvalue weighted by Crippen LogP contribution is 2.45. The quantitative estimate of drug-likeness (QED) is 0.778. The predicted octanol–water partition coefficient (Wildman–Crippen LogP) is 4.86. The lowest BCUT2D eigenvalue weighted by atomic mass is 10.3. The summed E-state index contributed by atoms with van der Waals surface area (Å²) in [5.74, 6) is 4.38. The molecule has 0 spiro atoms. The van der Waals surface area contributed by atoms with Crippen LogP contribution in [0, 0.1) is 0 Å². The third kappa shape index (κ3) is 3.93. The van der Waals surface area contributed by atoms with Crippen LogP contribution in [-0.2, 0) is 9.47 Å². The van der Waals surface area contributed by atoms with E-state index in [1.807, 2.05) is 55.6 Å². The normalized spacial score (nSPS) is 28.5. The third-order valence-corrected chi connectivity index (χ3v) is 6.53. The molecule has 2 unspecified atom stereocenters. The molecule has 0 aromatic carbocycles.